The first-order valence-electron chi connectivity index (χ1n) is 10.0. The van der Waals surface area contributed by atoms with Gasteiger partial charge in [-0.05, 0) is 43.4 Å². The summed E-state index contributed by atoms with van der Waals surface area (Å²) in [7, 11) is 0. The van der Waals surface area contributed by atoms with Gasteiger partial charge in [0.05, 0.1) is 11.3 Å². The van der Waals surface area contributed by atoms with Gasteiger partial charge < -0.3 is 15.0 Å². The Morgan fingerprint density at radius 3 is 2.77 bits per heavy atom. The second-order valence-corrected chi connectivity index (χ2v) is 9.47. The van der Waals surface area contributed by atoms with Gasteiger partial charge in [-0.1, -0.05) is 29.3 Å². The van der Waals surface area contributed by atoms with Crippen LogP contribution in [0.4, 0.5) is 5.13 Å². The van der Waals surface area contributed by atoms with Crippen molar-refractivity contribution in [3.05, 3.63) is 45.4 Å². The lowest BCUT2D eigenvalue weighted by atomic mass is 9.72. The predicted octanol–water partition coefficient (Wildman–Crippen LogP) is 4.38. The number of hydrogen-bond acceptors (Lipinski definition) is 5. The molecule has 1 atom stereocenters. The number of nitrogens with one attached hydrogen (secondary N) is 1. The number of thiazole rings is 1. The van der Waals surface area contributed by atoms with Crippen molar-refractivity contribution in [1.29, 1.82) is 0 Å². The number of carbonyl (C=O) groups is 2. The second-order valence-electron chi connectivity index (χ2n) is 7.74. The number of anilines is 1. The Labute approximate surface area is 189 Å². The topological polar surface area (TPSA) is 71.5 Å². The lowest BCUT2D eigenvalue weighted by Crippen LogP contribution is -2.53. The minimum absolute atomic E-state index is 0.0155. The summed E-state index contributed by atoms with van der Waals surface area (Å²) < 4.78 is 5.56. The van der Waals surface area contributed by atoms with Gasteiger partial charge in [-0.15, -0.1) is 11.3 Å². The van der Waals surface area contributed by atoms with Gasteiger partial charge in [0.25, 0.3) is 0 Å². The first-order valence-corrected chi connectivity index (χ1v) is 11.7. The molecular formula is C21H23Cl2N3O3S. The largest absolute Gasteiger partial charge is 0.381 e. The average molecular weight is 468 g/mol. The van der Waals surface area contributed by atoms with E-state index in [0.717, 1.165) is 18.4 Å². The molecule has 0 aliphatic carbocycles. The molecule has 30 heavy (non-hydrogen) atoms. The van der Waals surface area contributed by atoms with Gasteiger partial charge in [-0.3, -0.25) is 9.59 Å². The first kappa shape index (κ1) is 21.6. The number of carbonyl (C=O) groups excluding carboxylic acids is 2. The fourth-order valence-electron chi connectivity index (χ4n) is 4.37. The maximum atomic E-state index is 13.8. The molecule has 2 saturated heterocycles. The Morgan fingerprint density at radius 1 is 1.27 bits per heavy atom. The van der Waals surface area contributed by atoms with Crippen molar-refractivity contribution >= 4 is 51.5 Å². The summed E-state index contributed by atoms with van der Waals surface area (Å²) in [5.74, 6) is -0.334. The molecule has 4 rings (SSSR count). The van der Waals surface area contributed by atoms with E-state index in [-0.39, 0.29) is 17.7 Å². The lowest BCUT2D eigenvalue weighted by molar-refractivity contribution is -0.144. The summed E-state index contributed by atoms with van der Waals surface area (Å²) in [6, 6.07) is 5.31. The quantitative estimate of drug-likeness (QED) is 0.723. The van der Waals surface area contributed by atoms with E-state index in [0.29, 0.717) is 54.3 Å². The van der Waals surface area contributed by atoms with E-state index in [9.17, 15) is 9.59 Å². The second kappa shape index (κ2) is 9.22. The van der Waals surface area contributed by atoms with Crippen LogP contribution < -0.4 is 5.32 Å². The Kier molecular flexibility index (Phi) is 6.63. The minimum Gasteiger partial charge on any atom is -0.381 e. The third-order valence-corrected chi connectivity index (χ3v) is 7.18. The SMILES string of the molecule is O=C(Nc1nccs1)C1CCCN(C(=O)C2(c3ccc(Cl)cc3Cl)CCOCC2)C1. The van der Waals surface area contributed by atoms with Gasteiger partial charge >= 0.3 is 0 Å². The molecule has 1 aromatic carbocycles. The molecular weight excluding hydrogens is 445 g/mol. The minimum atomic E-state index is -0.756. The van der Waals surface area contributed by atoms with Crippen molar-refractivity contribution in [3.63, 3.8) is 0 Å². The predicted molar refractivity (Wildman–Crippen MR) is 118 cm³/mol. The molecule has 1 N–H and O–H groups in total. The summed E-state index contributed by atoms with van der Waals surface area (Å²) in [6.45, 7) is 2.01. The highest BCUT2D eigenvalue weighted by atomic mass is 35.5. The van der Waals surface area contributed by atoms with Crippen molar-refractivity contribution in [2.45, 2.75) is 31.1 Å². The monoisotopic (exact) mass is 467 g/mol. The number of benzene rings is 1. The maximum Gasteiger partial charge on any atom is 0.233 e. The number of hydrogen-bond donors (Lipinski definition) is 1. The number of nitrogens with zero attached hydrogens (tertiary/aromatic N) is 2. The molecule has 2 aliphatic rings. The molecule has 0 radical (unpaired) electrons. The fourth-order valence-corrected chi connectivity index (χ4v) is 5.49. The number of piperidine rings is 1. The fraction of sp³-hybridized carbons (Fsp3) is 0.476. The van der Waals surface area contributed by atoms with E-state index < -0.39 is 5.41 Å². The van der Waals surface area contributed by atoms with Gasteiger partial charge in [0.1, 0.15) is 0 Å². The van der Waals surface area contributed by atoms with Crippen LogP contribution in [0.3, 0.4) is 0 Å². The smallest absolute Gasteiger partial charge is 0.233 e. The maximum absolute atomic E-state index is 13.8. The summed E-state index contributed by atoms with van der Waals surface area (Å²) in [5.41, 5.74) is 0.0318. The van der Waals surface area contributed by atoms with Crippen LogP contribution in [0.25, 0.3) is 0 Å². The van der Waals surface area contributed by atoms with E-state index in [2.05, 4.69) is 10.3 Å². The van der Waals surface area contributed by atoms with Crippen LogP contribution >= 0.6 is 34.5 Å². The molecule has 2 amide bonds. The molecule has 160 valence electrons. The van der Waals surface area contributed by atoms with Crippen LogP contribution in [0.1, 0.15) is 31.2 Å². The Morgan fingerprint density at radius 2 is 2.07 bits per heavy atom. The highest BCUT2D eigenvalue weighted by Gasteiger charge is 2.46. The molecule has 9 heteroatoms. The molecule has 0 bridgehead atoms. The molecule has 2 fully saturated rings. The Bertz CT molecular complexity index is 916. The molecule has 1 aromatic heterocycles. The molecule has 2 aromatic rings. The molecule has 0 spiro atoms. The van der Waals surface area contributed by atoms with Crippen LogP contribution in [0.2, 0.25) is 10.0 Å². The summed E-state index contributed by atoms with van der Waals surface area (Å²) in [5, 5.41) is 6.29. The number of ether oxygens (including phenoxy) is 1. The Balaban J connectivity index is 1.56. The third kappa shape index (κ3) is 4.35. The van der Waals surface area contributed by atoms with Crippen LogP contribution in [-0.4, -0.2) is 48.0 Å². The van der Waals surface area contributed by atoms with E-state index in [1.807, 2.05) is 16.3 Å². The average Bonchev–Trinajstić information content (AvgIpc) is 3.27. The zero-order chi connectivity index (χ0) is 21.1. The van der Waals surface area contributed by atoms with Crippen molar-refractivity contribution in [3.8, 4) is 0 Å². The van der Waals surface area contributed by atoms with E-state index in [4.69, 9.17) is 27.9 Å². The molecule has 1 unspecified atom stereocenters. The van der Waals surface area contributed by atoms with Gasteiger partial charge in [-0.25, -0.2) is 4.98 Å². The molecule has 0 saturated carbocycles. The van der Waals surface area contributed by atoms with Gasteiger partial charge in [0.2, 0.25) is 11.8 Å². The lowest BCUT2D eigenvalue weighted by Gasteiger charge is -2.42. The molecule has 3 heterocycles. The van der Waals surface area contributed by atoms with E-state index in [1.54, 1.807) is 18.3 Å². The van der Waals surface area contributed by atoms with Crippen molar-refractivity contribution in [1.82, 2.24) is 9.88 Å². The number of rotatable bonds is 4. The summed E-state index contributed by atoms with van der Waals surface area (Å²) in [6.07, 6.45) is 4.29. The van der Waals surface area contributed by atoms with Gasteiger partial charge in [0, 0.05) is 47.9 Å². The third-order valence-electron chi connectivity index (χ3n) is 5.94. The number of halogens is 2. The number of aromatic nitrogens is 1. The zero-order valence-electron chi connectivity index (χ0n) is 16.4. The standard InChI is InChI=1S/C21H23Cl2N3O3S/c22-15-3-4-16(17(23)12-15)21(5-9-29-10-6-21)19(28)26-8-1-2-14(13-26)18(27)25-20-24-7-11-30-20/h3-4,7,11-12,14H,1-2,5-6,8-10,13H2,(H,24,25,27). The number of likely N-dealkylation sites (tertiary alicyclic amines) is 1. The molecule has 6 nitrogen and oxygen atoms in total. The van der Waals surface area contributed by atoms with Crippen molar-refractivity contribution < 1.29 is 14.3 Å². The summed E-state index contributed by atoms with van der Waals surface area (Å²) in [4.78, 5) is 32.5. The summed E-state index contributed by atoms with van der Waals surface area (Å²) >= 11 is 14.0. The van der Waals surface area contributed by atoms with Crippen LogP contribution in [0, 0.1) is 5.92 Å². The van der Waals surface area contributed by atoms with Crippen LogP contribution in [0.5, 0.6) is 0 Å². The van der Waals surface area contributed by atoms with Gasteiger partial charge in [0.15, 0.2) is 5.13 Å². The Hall–Kier alpha value is -1.67. The van der Waals surface area contributed by atoms with E-state index >= 15 is 0 Å². The van der Waals surface area contributed by atoms with Crippen molar-refractivity contribution in [2.24, 2.45) is 5.92 Å². The first-order chi connectivity index (χ1) is 14.5. The zero-order valence-corrected chi connectivity index (χ0v) is 18.7. The molecule has 2 aliphatic heterocycles. The van der Waals surface area contributed by atoms with Crippen LogP contribution in [-0.2, 0) is 19.7 Å². The normalized spacial score (nSPS) is 21.3. The number of amides is 2. The van der Waals surface area contributed by atoms with Crippen molar-refractivity contribution in [2.75, 3.05) is 31.6 Å². The highest BCUT2D eigenvalue weighted by Crippen LogP contribution is 2.41. The van der Waals surface area contributed by atoms with Gasteiger partial charge in [-0.2, -0.15) is 0 Å². The van der Waals surface area contributed by atoms with Crippen LogP contribution in [0.15, 0.2) is 29.8 Å². The highest BCUT2D eigenvalue weighted by molar-refractivity contribution is 7.13. The van der Waals surface area contributed by atoms with E-state index in [1.165, 1.54) is 11.3 Å².